The highest BCUT2D eigenvalue weighted by atomic mass is 79.9. The first-order valence-electron chi connectivity index (χ1n) is 12.8. The Morgan fingerprint density at radius 3 is 2.35 bits per heavy atom. The number of rotatable bonds is 12. The minimum absolute atomic E-state index is 0.00319. The summed E-state index contributed by atoms with van der Waals surface area (Å²) in [5.41, 5.74) is 1.71. The van der Waals surface area contributed by atoms with Crippen molar-refractivity contribution in [2.75, 3.05) is 17.4 Å². The van der Waals surface area contributed by atoms with Crippen LogP contribution >= 0.6 is 39.1 Å². The summed E-state index contributed by atoms with van der Waals surface area (Å²) < 4.78 is 29.6. The zero-order valence-corrected chi connectivity index (χ0v) is 26.4. The molecule has 7 nitrogen and oxygen atoms in total. The van der Waals surface area contributed by atoms with Crippen molar-refractivity contribution in [2.24, 2.45) is 0 Å². The van der Waals surface area contributed by atoms with Gasteiger partial charge in [0.15, 0.2) is 0 Å². The predicted molar refractivity (Wildman–Crippen MR) is 164 cm³/mol. The van der Waals surface area contributed by atoms with Crippen LogP contribution in [0.2, 0.25) is 10.0 Å². The first-order valence-corrected chi connectivity index (χ1v) is 15.8. The lowest BCUT2D eigenvalue weighted by Gasteiger charge is -2.32. The Morgan fingerprint density at radius 1 is 1.02 bits per heavy atom. The number of sulfonamides is 1. The van der Waals surface area contributed by atoms with Crippen LogP contribution < -0.4 is 9.62 Å². The summed E-state index contributed by atoms with van der Waals surface area (Å²) in [7, 11) is -4.25. The molecule has 0 fully saturated rings. The van der Waals surface area contributed by atoms with Crippen molar-refractivity contribution in [1.82, 2.24) is 10.2 Å². The molecule has 1 atom stereocenters. The fourth-order valence-corrected chi connectivity index (χ4v) is 6.31. The SMILES string of the molecule is CCCCNC(=O)C(C)N(Cc1cccc(Br)c1)C(=O)CN(c1cccc(Cl)c1Cl)S(=O)(=O)c1ccc(C)cc1. The number of hydrogen-bond acceptors (Lipinski definition) is 4. The fraction of sp³-hybridized carbons (Fsp3) is 0.310. The van der Waals surface area contributed by atoms with Crippen molar-refractivity contribution in [2.45, 2.75) is 51.1 Å². The third-order valence-electron chi connectivity index (χ3n) is 6.33. The average Bonchev–Trinajstić information content (AvgIpc) is 2.92. The van der Waals surface area contributed by atoms with Gasteiger partial charge in [-0.05, 0) is 62.2 Å². The maximum atomic E-state index is 14.0. The second-order valence-electron chi connectivity index (χ2n) is 9.37. The van der Waals surface area contributed by atoms with Crippen LogP contribution in [0.15, 0.2) is 76.1 Å². The van der Waals surface area contributed by atoms with Gasteiger partial charge in [0.2, 0.25) is 11.8 Å². The minimum Gasteiger partial charge on any atom is -0.354 e. The number of amides is 2. The molecular formula is C29H32BrCl2N3O4S. The quantitative estimate of drug-likeness (QED) is 0.221. The first-order chi connectivity index (χ1) is 18.9. The lowest BCUT2D eigenvalue weighted by Crippen LogP contribution is -2.51. The molecule has 0 saturated carbocycles. The Bertz CT molecular complexity index is 1450. The van der Waals surface area contributed by atoms with Crippen molar-refractivity contribution in [3.05, 3.63) is 92.4 Å². The number of aryl methyl sites for hydroxylation is 1. The first kappa shape index (κ1) is 31.9. The van der Waals surface area contributed by atoms with Gasteiger partial charge in [-0.3, -0.25) is 13.9 Å². The topological polar surface area (TPSA) is 86.8 Å². The van der Waals surface area contributed by atoms with Gasteiger partial charge in [0.25, 0.3) is 10.0 Å². The molecule has 0 aliphatic carbocycles. The van der Waals surface area contributed by atoms with Crippen LogP contribution in [0.3, 0.4) is 0 Å². The number of benzene rings is 3. The monoisotopic (exact) mass is 667 g/mol. The van der Waals surface area contributed by atoms with E-state index in [1.165, 1.54) is 29.2 Å². The van der Waals surface area contributed by atoms with E-state index in [1.54, 1.807) is 25.1 Å². The molecule has 40 heavy (non-hydrogen) atoms. The van der Waals surface area contributed by atoms with E-state index in [4.69, 9.17) is 23.2 Å². The normalized spacial score (nSPS) is 12.1. The maximum absolute atomic E-state index is 14.0. The molecule has 1 N–H and O–H groups in total. The molecule has 3 aromatic rings. The van der Waals surface area contributed by atoms with E-state index in [1.807, 2.05) is 38.1 Å². The highest BCUT2D eigenvalue weighted by molar-refractivity contribution is 9.10. The Morgan fingerprint density at radius 2 is 1.70 bits per heavy atom. The zero-order chi connectivity index (χ0) is 29.4. The lowest BCUT2D eigenvalue weighted by atomic mass is 10.1. The summed E-state index contributed by atoms with van der Waals surface area (Å²) in [5, 5.41) is 3.01. The van der Waals surface area contributed by atoms with E-state index in [9.17, 15) is 18.0 Å². The van der Waals surface area contributed by atoms with Crippen LogP contribution in [0.1, 0.15) is 37.8 Å². The van der Waals surface area contributed by atoms with E-state index in [0.717, 1.165) is 32.7 Å². The van der Waals surface area contributed by atoms with E-state index in [2.05, 4.69) is 21.2 Å². The molecule has 0 aliphatic heterocycles. The van der Waals surface area contributed by atoms with Gasteiger partial charge in [-0.2, -0.15) is 0 Å². The predicted octanol–water partition coefficient (Wildman–Crippen LogP) is 6.59. The summed E-state index contributed by atoms with van der Waals surface area (Å²) in [4.78, 5) is 28.4. The molecule has 0 heterocycles. The van der Waals surface area contributed by atoms with E-state index >= 15 is 0 Å². The van der Waals surface area contributed by atoms with Gasteiger partial charge in [0, 0.05) is 17.6 Å². The number of nitrogens with one attached hydrogen (secondary N) is 1. The molecule has 0 radical (unpaired) electrons. The highest BCUT2D eigenvalue weighted by Crippen LogP contribution is 2.35. The maximum Gasteiger partial charge on any atom is 0.264 e. The summed E-state index contributed by atoms with van der Waals surface area (Å²) in [6, 6.07) is 17.4. The zero-order valence-electron chi connectivity index (χ0n) is 22.5. The fourth-order valence-electron chi connectivity index (χ4n) is 3.99. The third-order valence-corrected chi connectivity index (χ3v) is 9.40. The van der Waals surface area contributed by atoms with Crippen LogP contribution in [-0.4, -0.2) is 44.3 Å². The molecule has 3 rings (SSSR count). The van der Waals surface area contributed by atoms with Gasteiger partial charge < -0.3 is 10.2 Å². The van der Waals surface area contributed by atoms with Gasteiger partial charge in [0.05, 0.1) is 20.6 Å². The van der Waals surface area contributed by atoms with Crippen molar-refractivity contribution in [3.8, 4) is 0 Å². The molecule has 0 aromatic heterocycles. The number of halogens is 3. The van der Waals surface area contributed by atoms with E-state index < -0.39 is 28.5 Å². The second kappa shape index (κ2) is 14.3. The minimum atomic E-state index is -4.25. The van der Waals surface area contributed by atoms with Crippen LogP contribution in [0.25, 0.3) is 0 Å². The van der Waals surface area contributed by atoms with E-state index in [0.29, 0.717) is 6.54 Å². The lowest BCUT2D eigenvalue weighted by molar-refractivity contribution is -0.139. The smallest absolute Gasteiger partial charge is 0.264 e. The largest absolute Gasteiger partial charge is 0.354 e. The van der Waals surface area contributed by atoms with Crippen molar-refractivity contribution < 1.29 is 18.0 Å². The summed E-state index contributed by atoms with van der Waals surface area (Å²) in [6.45, 7) is 5.45. The molecule has 0 spiro atoms. The molecular weight excluding hydrogens is 637 g/mol. The Labute approximate surface area is 254 Å². The Hall–Kier alpha value is -2.59. The molecule has 11 heteroatoms. The molecule has 0 aliphatic rings. The number of carbonyl (C=O) groups excluding carboxylic acids is 2. The molecule has 0 saturated heterocycles. The van der Waals surface area contributed by atoms with Crippen molar-refractivity contribution in [1.29, 1.82) is 0 Å². The summed E-state index contributed by atoms with van der Waals surface area (Å²) in [5.74, 6) is -0.907. The van der Waals surface area contributed by atoms with Gasteiger partial charge in [-0.1, -0.05) is 88.4 Å². The molecule has 1 unspecified atom stereocenters. The van der Waals surface area contributed by atoms with Gasteiger partial charge in [-0.25, -0.2) is 8.42 Å². The van der Waals surface area contributed by atoms with Crippen LogP contribution in [0.4, 0.5) is 5.69 Å². The van der Waals surface area contributed by atoms with Crippen LogP contribution in [-0.2, 0) is 26.2 Å². The van der Waals surface area contributed by atoms with Crippen molar-refractivity contribution in [3.63, 3.8) is 0 Å². The Kier molecular flexibility index (Phi) is 11.5. The van der Waals surface area contributed by atoms with Crippen LogP contribution in [0.5, 0.6) is 0 Å². The summed E-state index contributed by atoms with van der Waals surface area (Å²) in [6.07, 6.45) is 1.70. The average molecular weight is 669 g/mol. The second-order valence-corrected chi connectivity index (χ2v) is 12.9. The Balaban J connectivity index is 2.04. The van der Waals surface area contributed by atoms with Crippen LogP contribution in [0, 0.1) is 6.92 Å². The number of carbonyl (C=O) groups is 2. The molecule has 214 valence electrons. The molecule has 0 bridgehead atoms. The van der Waals surface area contributed by atoms with Gasteiger partial charge in [-0.15, -0.1) is 0 Å². The van der Waals surface area contributed by atoms with Gasteiger partial charge in [0.1, 0.15) is 12.6 Å². The highest BCUT2D eigenvalue weighted by Gasteiger charge is 2.33. The number of anilines is 1. The summed E-state index contributed by atoms with van der Waals surface area (Å²) >= 11 is 16.2. The van der Waals surface area contributed by atoms with E-state index in [-0.39, 0.29) is 33.1 Å². The van der Waals surface area contributed by atoms with Gasteiger partial charge >= 0.3 is 0 Å². The molecule has 3 aromatic carbocycles. The molecule has 2 amide bonds. The third kappa shape index (κ3) is 8.00. The number of hydrogen-bond donors (Lipinski definition) is 1. The number of nitrogens with zero attached hydrogens (tertiary/aromatic N) is 2. The number of unbranched alkanes of at least 4 members (excludes halogenated alkanes) is 1. The standard InChI is InChI=1S/C29H32BrCl2N3O4S/c1-4-5-16-33-29(37)21(3)34(18-22-8-6-9-23(30)17-22)27(36)19-35(26-11-7-10-25(31)28(26)32)40(38,39)24-14-12-20(2)13-15-24/h6-15,17,21H,4-5,16,18-19H2,1-3H3,(H,33,37). The van der Waals surface area contributed by atoms with Crippen molar-refractivity contribution >= 4 is 66.7 Å².